The van der Waals surface area contributed by atoms with Crippen molar-refractivity contribution in [1.29, 1.82) is 0 Å². The van der Waals surface area contributed by atoms with Crippen LogP contribution >= 0.6 is 0 Å². The number of nitrogens with zero attached hydrogens (tertiary/aromatic N) is 1. The second-order valence-corrected chi connectivity index (χ2v) is 4.27. The summed E-state index contributed by atoms with van der Waals surface area (Å²) >= 11 is 0. The third kappa shape index (κ3) is 4.18. The van der Waals surface area contributed by atoms with Gasteiger partial charge < -0.3 is 14.7 Å². The van der Waals surface area contributed by atoms with Gasteiger partial charge in [0.05, 0.1) is 0 Å². The standard InChI is InChI=1S/C11H21NO3/c1-3-15-10(11(13)14)5-7-12-6-4-9(2)8-12/h9-10H,3-8H2,1-2H3,(H,13,14). The normalized spacial score (nSPS) is 24.3. The van der Waals surface area contributed by atoms with Crippen molar-refractivity contribution in [2.75, 3.05) is 26.2 Å². The molecule has 0 aliphatic carbocycles. The topological polar surface area (TPSA) is 49.8 Å². The molecule has 88 valence electrons. The largest absolute Gasteiger partial charge is 0.479 e. The summed E-state index contributed by atoms with van der Waals surface area (Å²) < 4.78 is 5.16. The Hall–Kier alpha value is -0.610. The van der Waals surface area contributed by atoms with E-state index in [4.69, 9.17) is 9.84 Å². The van der Waals surface area contributed by atoms with E-state index in [-0.39, 0.29) is 0 Å². The summed E-state index contributed by atoms with van der Waals surface area (Å²) in [6.45, 7) is 7.55. The highest BCUT2D eigenvalue weighted by atomic mass is 16.5. The van der Waals surface area contributed by atoms with E-state index >= 15 is 0 Å². The van der Waals surface area contributed by atoms with Crippen LogP contribution in [0.3, 0.4) is 0 Å². The fourth-order valence-corrected chi connectivity index (χ4v) is 2.01. The van der Waals surface area contributed by atoms with Gasteiger partial charge in [0.2, 0.25) is 0 Å². The van der Waals surface area contributed by atoms with Crippen molar-refractivity contribution in [2.24, 2.45) is 5.92 Å². The maximum Gasteiger partial charge on any atom is 0.332 e. The first-order valence-electron chi connectivity index (χ1n) is 5.70. The van der Waals surface area contributed by atoms with E-state index in [0.717, 1.165) is 25.6 Å². The Balaban J connectivity index is 2.24. The van der Waals surface area contributed by atoms with Crippen LogP contribution in [0.4, 0.5) is 0 Å². The number of hydrogen-bond acceptors (Lipinski definition) is 3. The molecule has 1 heterocycles. The number of rotatable bonds is 6. The van der Waals surface area contributed by atoms with Crippen LogP contribution < -0.4 is 0 Å². The molecule has 4 heteroatoms. The Labute approximate surface area is 91.2 Å². The average Bonchev–Trinajstić information content (AvgIpc) is 2.58. The number of hydrogen-bond donors (Lipinski definition) is 1. The molecule has 0 aromatic carbocycles. The summed E-state index contributed by atoms with van der Waals surface area (Å²) in [5, 5.41) is 8.89. The van der Waals surface area contributed by atoms with Gasteiger partial charge in [0.1, 0.15) is 0 Å². The molecule has 1 saturated heterocycles. The SMILES string of the molecule is CCOC(CCN1CCC(C)C1)C(=O)O. The van der Waals surface area contributed by atoms with Crippen LogP contribution in [-0.2, 0) is 9.53 Å². The van der Waals surface area contributed by atoms with Crippen LogP contribution in [0.25, 0.3) is 0 Å². The number of likely N-dealkylation sites (tertiary alicyclic amines) is 1. The van der Waals surface area contributed by atoms with Gasteiger partial charge in [-0.25, -0.2) is 4.79 Å². The quantitative estimate of drug-likeness (QED) is 0.723. The minimum atomic E-state index is -0.843. The van der Waals surface area contributed by atoms with Crippen molar-refractivity contribution in [3.63, 3.8) is 0 Å². The monoisotopic (exact) mass is 215 g/mol. The molecule has 1 N–H and O–H groups in total. The summed E-state index contributed by atoms with van der Waals surface area (Å²) in [5.74, 6) is -0.0931. The van der Waals surface area contributed by atoms with E-state index in [2.05, 4.69) is 11.8 Å². The van der Waals surface area contributed by atoms with Crippen LogP contribution in [0.1, 0.15) is 26.7 Å². The van der Waals surface area contributed by atoms with E-state index in [1.165, 1.54) is 6.42 Å². The maximum atomic E-state index is 10.8. The number of carbonyl (C=O) groups is 1. The highest BCUT2D eigenvalue weighted by Crippen LogP contribution is 2.15. The van der Waals surface area contributed by atoms with Gasteiger partial charge in [-0.05, 0) is 32.2 Å². The zero-order chi connectivity index (χ0) is 11.3. The van der Waals surface area contributed by atoms with Gasteiger partial charge in [0.25, 0.3) is 0 Å². The Morgan fingerprint density at radius 1 is 1.67 bits per heavy atom. The zero-order valence-electron chi connectivity index (χ0n) is 9.61. The Bertz CT molecular complexity index is 208. The Morgan fingerprint density at radius 3 is 2.87 bits per heavy atom. The van der Waals surface area contributed by atoms with Gasteiger partial charge in [0, 0.05) is 19.7 Å². The molecule has 0 saturated carbocycles. The minimum absolute atomic E-state index is 0.466. The molecule has 0 amide bonds. The van der Waals surface area contributed by atoms with Gasteiger partial charge >= 0.3 is 5.97 Å². The van der Waals surface area contributed by atoms with Crippen molar-refractivity contribution in [3.05, 3.63) is 0 Å². The van der Waals surface area contributed by atoms with Crippen LogP contribution in [-0.4, -0.2) is 48.3 Å². The molecule has 0 bridgehead atoms. The highest BCUT2D eigenvalue weighted by Gasteiger charge is 2.22. The summed E-state index contributed by atoms with van der Waals surface area (Å²) in [6, 6.07) is 0. The van der Waals surface area contributed by atoms with E-state index in [0.29, 0.717) is 13.0 Å². The first-order valence-corrected chi connectivity index (χ1v) is 5.70. The molecule has 2 unspecified atom stereocenters. The lowest BCUT2D eigenvalue weighted by Gasteiger charge is -2.18. The van der Waals surface area contributed by atoms with E-state index < -0.39 is 12.1 Å². The smallest absolute Gasteiger partial charge is 0.332 e. The van der Waals surface area contributed by atoms with Crippen molar-refractivity contribution >= 4 is 5.97 Å². The van der Waals surface area contributed by atoms with E-state index in [9.17, 15) is 4.79 Å². The molecule has 1 rings (SSSR count). The summed E-state index contributed by atoms with van der Waals surface area (Å²) in [5.41, 5.74) is 0. The number of carboxylic acids is 1. The van der Waals surface area contributed by atoms with Crippen LogP contribution in [0.5, 0.6) is 0 Å². The number of carboxylic acid groups (broad SMARTS) is 1. The predicted octanol–water partition coefficient (Wildman–Crippen LogP) is 1.21. The second-order valence-electron chi connectivity index (χ2n) is 4.27. The predicted molar refractivity (Wildman–Crippen MR) is 57.9 cm³/mol. The second kappa shape index (κ2) is 6.08. The lowest BCUT2D eigenvalue weighted by molar-refractivity contribution is -0.150. The van der Waals surface area contributed by atoms with Gasteiger partial charge in [0.15, 0.2) is 6.10 Å². The first-order chi connectivity index (χ1) is 7.13. The molecular formula is C11H21NO3. The lowest BCUT2D eigenvalue weighted by Crippen LogP contribution is -2.30. The van der Waals surface area contributed by atoms with E-state index in [1.54, 1.807) is 0 Å². The molecule has 1 aliphatic heterocycles. The fourth-order valence-electron chi connectivity index (χ4n) is 2.01. The summed E-state index contributed by atoms with van der Waals surface area (Å²) in [7, 11) is 0. The Kier molecular flexibility index (Phi) is 5.05. The summed E-state index contributed by atoms with van der Waals surface area (Å²) in [6.07, 6.45) is 1.19. The van der Waals surface area contributed by atoms with Crippen molar-refractivity contribution in [1.82, 2.24) is 4.90 Å². The van der Waals surface area contributed by atoms with Crippen LogP contribution in [0.2, 0.25) is 0 Å². The van der Waals surface area contributed by atoms with Crippen LogP contribution in [0, 0.1) is 5.92 Å². The average molecular weight is 215 g/mol. The van der Waals surface area contributed by atoms with Crippen molar-refractivity contribution in [2.45, 2.75) is 32.8 Å². The molecule has 0 aromatic rings. The van der Waals surface area contributed by atoms with Crippen molar-refractivity contribution < 1.29 is 14.6 Å². The lowest BCUT2D eigenvalue weighted by atomic mass is 10.2. The third-order valence-electron chi connectivity index (χ3n) is 2.86. The van der Waals surface area contributed by atoms with Gasteiger partial charge in [-0.3, -0.25) is 0 Å². The van der Waals surface area contributed by atoms with Crippen molar-refractivity contribution in [3.8, 4) is 0 Å². The molecule has 1 fully saturated rings. The molecule has 0 radical (unpaired) electrons. The molecule has 4 nitrogen and oxygen atoms in total. The molecule has 15 heavy (non-hydrogen) atoms. The van der Waals surface area contributed by atoms with Crippen LogP contribution in [0.15, 0.2) is 0 Å². The fraction of sp³-hybridized carbons (Fsp3) is 0.909. The molecular weight excluding hydrogens is 194 g/mol. The zero-order valence-corrected chi connectivity index (χ0v) is 9.61. The van der Waals surface area contributed by atoms with Gasteiger partial charge in [-0.15, -0.1) is 0 Å². The van der Waals surface area contributed by atoms with E-state index in [1.807, 2.05) is 6.92 Å². The van der Waals surface area contributed by atoms with Gasteiger partial charge in [-0.2, -0.15) is 0 Å². The first kappa shape index (κ1) is 12.5. The third-order valence-corrected chi connectivity index (χ3v) is 2.86. The summed E-state index contributed by atoms with van der Waals surface area (Å²) in [4.78, 5) is 13.1. The molecule has 1 aliphatic rings. The number of aliphatic carboxylic acids is 1. The molecule has 2 atom stereocenters. The highest BCUT2D eigenvalue weighted by molar-refractivity contribution is 5.72. The maximum absolute atomic E-state index is 10.8. The Morgan fingerprint density at radius 2 is 2.40 bits per heavy atom. The molecule has 0 spiro atoms. The molecule has 0 aromatic heterocycles. The number of ether oxygens (including phenoxy) is 1. The van der Waals surface area contributed by atoms with Gasteiger partial charge in [-0.1, -0.05) is 6.92 Å². The minimum Gasteiger partial charge on any atom is -0.479 e.